The van der Waals surface area contributed by atoms with Gasteiger partial charge in [-0.05, 0) is 31.0 Å². The van der Waals surface area contributed by atoms with Gasteiger partial charge in [-0.2, -0.15) is 0 Å². The molecule has 1 aromatic carbocycles. The first kappa shape index (κ1) is 15.8. The highest BCUT2D eigenvalue weighted by Gasteiger charge is 2.19. The van der Waals surface area contributed by atoms with Crippen LogP contribution in [0, 0.1) is 0 Å². The summed E-state index contributed by atoms with van der Waals surface area (Å²) in [6.45, 7) is 4.03. The molecular weight excluding hydrogens is 326 g/mol. The Morgan fingerprint density at radius 1 is 1.33 bits per heavy atom. The fourth-order valence-electron chi connectivity index (χ4n) is 3.10. The first-order valence-electron chi connectivity index (χ1n) is 8.43. The van der Waals surface area contributed by atoms with Crippen LogP contribution in [0.2, 0.25) is 0 Å². The number of anilines is 2. The molecule has 4 rings (SSSR count). The van der Waals surface area contributed by atoms with Gasteiger partial charge in [0, 0.05) is 25.4 Å². The second-order valence-electron chi connectivity index (χ2n) is 6.17. The summed E-state index contributed by atoms with van der Waals surface area (Å²) in [6.07, 6.45) is 2.53. The number of amides is 1. The van der Waals surface area contributed by atoms with Crippen LogP contribution in [0.15, 0.2) is 18.2 Å². The lowest BCUT2D eigenvalue weighted by Gasteiger charge is -2.25. The highest BCUT2D eigenvalue weighted by molar-refractivity contribution is 7.22. The third kappa shape index (κ3) is 3.53. The van der Waals surface area contributed by atoms with Crippen molar-refractivity contribution in [2.75, 3.05) is 43.1 Å². The van der Waals surface area contributed by atoms with Gasteiger partial charge in [0.05, 0.1) is 36.0 Å². The van der Waals surface area contributed by atoms with E-state index in [1.807, 2.05) is 18.2 Å². The summed E-state index contributed by atoms with van der Waals surface area (Å²) in [4.78, 5) is 19.1. The van der Waals surface area contributed by atoms with E-state index in [-0.39, 0.29) is 12.0 Å². The molecule has 2 fully saturated rings. The summed E-state index contributed by atoms with van der Waals surface area (Å²) in [5.74, 6) is 0.0131. The van der Waals surface area contributed by atoms with Crippen molar-refractivity contribution in [1.82, 2.24) is 4.98 Å². The van der Waals surface area contributed by atoms with Crippen LogP contribution in [-0.4, -0.2) is 49.9 Å². The van der Waals surface area contributed by atoms with Gasteiger partial charge in [0.2, 0.25) is 5.91 Å². The van der Waals surface area contributed by atoms with Crippen molar-refractivity contribution in [1.29, 1.82) is 0 Å². The molecule has 0 unspecified atom stereocenters. The van der Waals surface area contributed by atoms with E-state index in [0.717, 1.165) is 66.8 Å². The molecule has 24 heavy (non-hydrogen) atoms. The van der Waals surface area contributed by atoms with Crippen molar-refractivity contribution >= 4 is 38.3 Å². The zero-order valence-electron chi connectivity index (χ0n) is 13.5. The minimum atomic E-state index is 0.0131. The number of nitrogens with zero attached hydrogens (tertiary/aromatic N) is 2. The molecule has 0 bridgehead atoms. The van der Waals surface area contributed by atoms with Crippen LogP contribution in [0.25, 0.3) is 10.2 Å². The molecular formula is C17H21N3O3S. The first-order chi connectivity index (χ1) is 11.8. The number of rotatable bonds is 4. The fraction of sp³-hybridized carbons (Fsp3) is 0.529. The number of morpholine rings is 1. The van der Waals surface area contributed by atoms with Gasteiger partial charge in [-0.15, -0.1) is 0 Å². The molecule has 0 spiro atoms. The predicted octanol–water partition coefficient (Wildman–Crippen LogP) is 2.64. The summed E-state index contributed by atoms with van der Waals surface area (Å²) in [5.41, 5.74) is 1.79. The fourth-order valence-corrected chi connectivity index (χ4v) is 4.16. The minimum Gasteiger partial charge on any atom is -0.378 e. The monoisotopic (exact) mass is 347 g/mol. The summed E-state index contributed by atoms with van der Waals surface area (Å²) < 4.78 is 12.0. The molecule has 7 heteroatoms. The molecule has 128 valence electrons. The van der Waals surface area contributed by atoms with E-state index >= 15 is 0 Å². The van der Waals surface area contributed by atoms with Crippen molar-refractivity contribution in [3.05, 3.63) is 18.2 Å². The normalized spacial score (nSPS) is 21.3. The molecule has 3 heterocycles. The molecule has 0 saturated carbocycles. The standard InChI is InChI=1S/C17H21N3O3S/c21-16(11-13-2-1-7-23-13)18-12-3-4-14-15(10-12)24-17(19-14)20-5-8-22-9-6-20/h3-4,10,13H,1-2,5-9,11H2,(H,18,21)/t13-/m0/s1. The van der Waals surface area contributed by atoms with Crippen LogP contribution in [0.1, 0.15) is 19.3 Å². The number of hydrogen-bond donors (Lipinski definition) is 1. The molecule has 2 aliphatic rings. The number of benzene rings is 1. The Morgan fingerprint density at radius 3 is 3.00 bits per heavy atom. The average Bonchev–Trinajstić information content (AvgIpc) is 3.24. The van der Waals surface area contributed by atoms with Crippen LogP contribution in [0.5, 0.6) is 0 Å². The van der Waals surface area contributed by atoms with E-state index in [2.05, 4.69) is 10.2 Å². The number of fused-ring (bicyclic) bond motifs is 1. The molecule has 1 N–H and O–H groups in total. The van der Waals surface area contributed by atoms with Crippen molar-refractivity contribution < 1.29 is 14.3 Å². The first-order valence-corrected chi connectivity index (χ1v) is 9.24. The van der Waals surface area contributed by atoms with Gasteiger partial charge in [0.25, 0.3) is 0 Å². The van der Waals surface area contributed by atoms with Gasteiger partial charge in [-0.3, -0.25) is 4.79 Å². The molecule has 0 radical (unpaired) electrons. The second-order valence-corrected chi connectivity index (χ2v) is 7.17. The van der Waals surface area contributed by atoms with Crippen molar-refractivity contribution in [2.45, 2.75) is 25.4 Å². The molecule has 2 aliphatic heterocycles. The van der Waals surface area contributed by atoms with Crippen molar-refractivity contribution in [3.8, 4) is 0 Å². The average molecular weight is 347 g/mol. The topological polar surface area (TPSA) is 63.7 Å². The van der Waals surface area contributed by atoms with Gasteiger partial charge < -0.3 is 19.7 Å². The Morgan fingerprint density at radius 2 is 2.21 bits per heavy atom. The molecule has 1 amide bonds. The van der Waals surface area contributed by atoms with Crippen molar-refractivity contribution in [3.63, 3.8) is 0 Å². The van der Waals surface area contributed by atoms with Gasteiger partial charge in [0.15, 0.2) is 5.13 Å². The Balaban J connectivity index is 1.45. The van der Waals surface area contributed by atoms with Gasteiger partial charge in [0.1, 0.15) is 0 Å². The van der Waals surface area contributed by atoms with Crippen LogP contribution in [0.3, 0.4) is 0 Å². The van der Waals surface area contributed by atoms with Crippen LogP contribution in [0.4, 0.5) is 10.8 Å². The zero-order chi connectivity index (χ0) is 16.4. The molecule has 6 nitrogen and oxygen atoms in total. The van der Waals surface area contributed by atoms with E-state index in [1.165, 1.54) is 0 Å². The Bertz CT molecular complexity index is 721. The Labute approximate surface area is 144 Å². The quantitative estimate of drug-likeness (QED) is 0.921. The summed E-state index contributed by atoms with van der Waals surface area (Å²) in [7, 11) is 0. The number of nitrogens with one attached hydrogen (secondary N) is 1. The van der Waals surface area contributed by atoms with E-state index in [9.17, 15) is 4.79 Å². The van der Waals surface area contributed by atoms with Crippen molar-refractivity contribution in [2.24, 2.45) is 0 Å². The van der Waals surface area contributed by atoms with Gasteiger partial charge in [-0.25, -0.2) is 4.98 Å². The molecule has 2 aromatic rings. The predicted molar refractivity (Wildman–Crippen MR) is 94.9 cm³/mol. The second kappa shape index (κ2) is 7.04. The maximum Gasteiger partial charge on any atom is 0.226 e. The van der Waals surface area contributed by atoms with E-state index in [4.69, 9.17) is 14.5 Å². The van der Waals surface area contributed by atoms with Gasteiger partial charge in [-0.1, -0.05) is 11.3 Å². The molecule has 0 aliphatic carbocycles. The molecule has 1 atom stereocenters. The van der Waals surface area contributed by atoms with Crippen LogP contribution >= 0.6 is 11.3 Å². The lowest BCUT2D eigenvalue weighted by molar-refractivity contribution is -0.118. The van der Waals surface area contributed by atoms with E-state index in [1.54, 1.807) is 11.3 Å². The number of hydrogen-bond acceptors (Lipinski definition) is 6. The third-order valence-corrected chi connectivity index (χ3v) is 5.46. The number of thiazole rings is 1. The number of carbonyl (C=O) groups is 1. The highest BCUT2D eigenvalue weighted by atomic mass is 32.1. The molecule has 2 saturated heterocycles. The largest absolute Gasteiger partial charge is 0.378 e. The number of aromatic nitrogens is 1. The van der Waals surface area contributed by atoms with Crippen LogP contribution in [-0.2, 0) is 14.3 Å². The Hall–Kier alpha value is -1.70. The van der Waals surface area contributed by atoms with E-state index < -0.39 is 0 Å². The Kier molecular flexibility index (Phi) is 4.64. The molecule has 1 aromatic heterocycles. The lowest BCUT2D eigenvalue weighted by Crippen LogP contribution is -2.36. The number of carbonyl (C=O) groups excluding carboxylic acids is 1. The van der Waals surface area contributed by atoms with Crippen LogP contribution < -0.4 is 10.2 Å². The summed E-state index contributed by atoms with van der Waals surface area (Å²) in [6, 6.07) is 5.89. The summed E-state index contributed by atoms with van der Waals surface area (Å²) >= 11 is 1.66. The minimum absolute atomic E-state index is 0.0131. The zero-order valence-corrected chi connectivity index (χ0v) is 14.3. The smallest absolute Gasteiger partial charge is 0.226 e. The highest BCUT2D eigenvalue weighted by Crippen LogP contribution is 2.31. The third-order valence-electron chi connectivity index (χ3n) is 4.38. The SMILES string of the molecule is O=C(C[C@@H]1CCCO1)Nc1ccc2nc(N3CCOCC3)sc2c1. The maximum atomic E-state index is 12.1. The lowest BCUT2D eigenvalue weighted by atomic mass is 10.2. The maximum absolute atomic E-state index is 12.1. The summed E-state index contributed by atoms with van der Waals surface area (Å²) in [5, 5.41) is 4.00. The van der Waals surface area contributed by atoms with Gasteiger partial charge >= 0.3 is 0 Å². The number of ether oxygens (including phenoxy) is 2. The van der Waals surface area contributed by atoms with E-state index in [0.29, 0.717) is 6.42 Å².